The lowest BCUT2D eigenvalue weighted by Gasteiger charge is -2.12. The number of carbonyl (C=O) groups excluding carboxylic acids is 1. The van der Waals surface area contributed by atoms with Gasteiger partial charge in [-0.25, -0.2) is 5.43 Å². The van der Waals surface area contributed by atoms with Gasteiger partial charge in [-0.1, -0.05) is 55.5 Å². The lowest BCUT2D eigenvalue weighted by atomic mass is 9.93. The van der Waals surface area contributed by atoms with Gasteiger partial charge in [-0.3, -0.25) is 9.78 Å². The van der Waals surface area contributed by atoms with Gasteiger partial charge in [-0.15, -0.1) is 0 Å². The topological polar surface area (TPSA) is 78.1 Å². The summed E-state index contributed by atoms with van der Waals surface area (Å²) in [6.45, 7) is 2.12. The highest BCUT2D eigenvalue weighted by molar-refractivity contribution is 5.91. The molecule has 5 heteroatoms. The van der Waals surface area contributed by atoms with E-state index in [4.69, 9.17) is 5.26 Å². The second kappa shape index (κ2) is 8.33. The Morgan fingerprint density at radius 1 is 1.06 bits per heavy atom. The predicted molar refractivity (Wildman–Crippen MR) is 130 cm³/mol. The van der Waals surface area contributed by atoms with Crippen LogP contribution in [0.3, 0.4) is 0 Å². The average molecular weight is 431 g/mol. The van der Waals surface area contributed by atoms with E-state index in [-0.39, 0.29) is 17.2 Å². The summed E-state index contributed by atoms with van der Waals surface area (Å²) in [4.78, 5) is 16.8. The van der Waals surface area contributed by atoms with E-state index < -0.39 is 0 Å². The Kier molecular flexibility index (Phi) is 5.20. The molecule has 160 valence electrons. The highest BCUT2D eigenvalue weighted by atomic mass is 16.2. The number of fused-ring (bicyclic) bond motifs is 1. The van der Waals surface area contributed by atoms with Crippen LogP contribution in [0.2, 0.25) is 0 Å². The molecule has 33 heavy (non-hydrogen) atoms. The molecule has 0 bridgehead atoms. The molecular formula is C28H22N4O. The number of amides is 1. The summed E-state index contributed by atoms with van der Waals surface area (Å²) in [5, 5.41) is 15.3. The summed E-state index contributed by atoms with van der Waals surface area (Å²) in [6.07, 6.45) is 6.05. The molecule has 0 radical (unpaired) electrons. The smallest absolute Gasteiger partial charge is 0.244 e. The van der Waals surface area contributed by atoms with Crippen molar-refractivity contribution < 1.29 is 4.79 Å². The second-order valence-electron chi connectivity index (χ2n) is 8.66. The van der Waals surface area contributed by atoms with Crippen LogP contribution in [0.25, 0.3) is 21.9 Å². The Morgan fingerprint density at radius 2 is 1.79 bits per heavy atom. The molecule has 0 aliphatic heterocycles. The minimum absolute atomic E-state index is 0.0603. The highest BCUT2D eigenvalue weighted by Crippen LogP contribution is 2.54. The van der Waals surface area contributed by atoms with E-state index in [1.54, 1.807) is 12.4 Å². The van der Waals surface area contributed by atoms with Gasteiger partial charge in [-0.05, 0) is 58.3 Å². The first-order valence-electron chi connectivity index (χ1n) is 10.8. The van der Waals surface area contributed by atoms with Gasteiger partial charge < -0.3 is 0 Å². The molecule has 1 aliphatic carbocycles. The van der Waals surface area contributed by atoms with Crippen molar-refractivity contribution >= 4 is 22.9 Å². The van der Waals surface area contributed by atoms with Crippen molar-refractivity contribution in [2.75, 3.05) is 0 Å². The number of pyridine rings is 1. The van der Waals surface area contributed by atoms with Gasteiger partial charge in [0, 0.05) is 23.2 Å². The monoisotopic (exact) mass is 430 g/mol. The Labute approximate surface area is 192 Å². The molecule has 1 aromatic heterocycles. The molecule has 2 atom stereocenters. The second-order valence-corrected chi connectivity index (χ2v) is 8.66. The van der Waals surface area contributed by atoms with Crippen LogP contribution in [-0.2, 0) is 10.2 Å². The number of nitrogens with zero attached hydrogens (tertiary/aromatic N) is 3. The Balaban J connectivity index is 1.22. The van der Waals surface area contributed by atoms with E-state index in [9.17, 15) is 4.79 Å². The maximum atomic E-state index is 12.7. The summed E-state index contributed by atoms with van der Waals surface area (Å²) in [5.74, 6) is -0.159. The fourth-order valence-electron chi connectivity index (χ4n) is 4.28. The van der Waals surface area contributed by atoms with Crippen molar-refractivity contribution in [3.8, 4) is 17.2 Å². The number of hydrogen-bond acceptors (Lipinski definition) is 4. The molecule has 1 saturated carbocycles. The Hall–Kier alpha value is -4.30. The highest BCUT2D eigenvalue weighted by Gasteiger charge is 2.55. The van der Waals surface area contributed by atoms with E-state index in [0.29, 0.717) is 5.56 Å². The third-order valence-corrected chi connectivity index (χ3v) is 6.50. The molecule has 0 saturated heterocycles. The van der Waals surface area contributed by atoms with E-state index in [1.807, 2.05) is 54.7 Å². The van der Waals surface area contributed by atoms with Gasteiger partial charge in [0.05, 0.1) is 23.8 Å². The summed E-state index contributed by atoms with van der Waals surface area (Å²) >= 11 is 0. The average Bonchev–Trinajstić information content (AvgIpc) is 3.57. The summed E-state index contributed by atoms with van der Waals surface area (Å²) < 4.78 is 0. The molecule has 4 aromatic rings. The van der Waals surface area contributed by atoms with Crippen LogP contribution in [0.4, 0.5) is 0 Å². The Morgan fingerprint density at radius 3 is 2.52 bits per heavy atom. The first-order valence-corrected chi connectivity index (χ1v) is 10.8. The zero-order chi connectivity index (χ0) is 22.8. The van der Waals surface area contributed by atoms with E-state index in [1.165, 1.54) is 0 Å². The molecule has 1 aliphatic rings. The first kappa shape index (κ1) is 20.6. The number of rotatable bonds is 5. The zero-order valence-corrected chi connectivity index (χ0v) is 18.2. The molecule has 1 amide bonds. The number of nitriles is 1. The molecule has 1 fully saturated rings. The number of hydrazone groups is 1. The van der Waals surface area contributed by atoms with Gasteiger partial charge in [0.15, 0.2) is 0 Å². The van der Waals surface area contributed by atoms with E-state index in [0.717, 1.165) is 39.4 Å². The van der Waals surface area contributed by atoms with E-state index in [2.05, 4.69) is 52.8 Å². The molecule has 0 spiro atoms. The van der Waals surface area contributed by atoms with E-state index >= 15 is 0 Å². The fourth-order valence-corrected chi connectivity index (χ4v) is 4.28. The molecule has 5 nitrogen and oxygen atoms in total. The van der Waals surface area contributed by atoms with Crippen molar-refractivity contribution in [2.24, 2.45) is 11.0 Å². The van der Waals surface area contributed by atoms with Gasteiger partial charge in [0.1, 0.15) is 0 Å². The standard InChI is InChI=1S/C28H22N4O/c1-28(25-10-8-22(9-11-25)21-5-2-19(16-29)3-6-21)15-26(28)27(33)32-31-17-20-4-7-24-18-30-13-12-23(24)14-20/h2-14,17-18,26H,15H2,1H3,(H,32,33)/b31-17+. The molecular weight excluding hydrogens is 408 g/mol. The molecule has 5 rings (SSSR count). The van der Waals surface area contributed by atoms with Gasteiger partial charge >= 0.3 is 0 Å². The van der Waals surface area contributed by atoms with Crippen molar-refractivity contribution in [1.29, 1.82) is 5.26 Å². The van der Waals surface area contributed by atoms with Crippen LogP contribution >= 0.6 is 0 Å². The van der Waals surface area contributed by atoms with Crippen LogP contribution in [0.15, 0.2) is 90.3 Å². The predicted octanol–water partition coefficient (Wildman–Crippen LogP) is 5.20. The maximum absolute atomic E-state index is 12.7. The molecule has 1 N–H and O–H groups in total. The van der Waals surface area contributed by atoms with Crippen LogP contribution in [-0.4, -0.2) is 17.1 Å². The molecule has 1 heterocycles. The molecule has 3 aromatic carbocycles. The van der Waals surface area contributed by atoms with Gasteiger partial charge in [-0.2, -0.15) is 10.4 Å². The first-order chi connectivity index (χ1) is 16.1. The van der Waals surface area contributed by atoms with Gasteiger partial charge in [0.2, 0.25) is 5.91 Å². The third-order valence-electron chi connectivity index (χ3n) is 6.50. The lowest BCUT2D eigenvalue weighted by Crippen LogP contribution is -2.23. The molecule has 2 unspecified atom stereocenters. The van der Waals surface area contributed by atoms with Crippen LogP contribution in [0.5, 0.6) is 0 Å². The number of carbonyl (C=O) groups is 1. The summed E-state index contributed by atoms with van der Waals surface area (Å²) in [6, 6.07) is 25.9. The van der Waals surface area contributed by atoms with Crippen molar-refractivity contribution in [2.45, 2.75) is 18.8 Å². The third kappa shape index (κ3) is 4.11. The summed E-state index contributed by atoms with van der Waals surface area (Å²) in [7, 11) is 0. The minimum atomic E-state index is -0.182. The fraction of sp³-hybridized carbons (Fsp3) is 0.143. The Bertz CT molecular complexity index is 1400. The van der Waals surface area contributed by atoms with Gasteiger partial charge in [0.25, 0.3) is 0 Å². The van der Waals surface area contributed by atoms with Crippen LogP contribution in [0, 0.1) is 17.2 Å². The SMILES string of the molecule is CC1(c2ccc(-c3ccc(C#N)cc3)cc2)CC1C(=O)N/N=C/c1ccc2cnccc2c1. The number of hydrogen-bond donors (Lipinski definition) is 1. The number of aromatic nitrogens is 1. The minimum Gasteiger partial charge on any atom is -0.273 e. The maximum Gasteiger partial charge on any atom is 0.244 e. The van der Waals surface area contributed by atoms with Crippen LogP contribution < -0.4 is 5.43 Å². The number of nitrogens with one attached hydrogen (secondary N) is 1. The largest absolute Gasteiger partial charge is 0.273 e. The summed E-state index contributed by atoms with van der Waals surface area (Å²) in [5.41, 5.74) is 7.39. The van der Waals surface area contributed by atoms with Crippen molar-refractivity contribution in [1.82, 2.24) is 10.4 Å². The van der Waals surface area contributed by atoms with Crippen LogP contribution in [0.1, 0.15) is 30.0 Å². The number of benzene rings is 3. The quantitative estimate of drug-likeness (QED) is 0.349. The normalized spacial score (nSPS) is 19.3. The zero-order valence-electron chi connectivity index (χ0n) is 18.2. The van der Waals surface area contributed by atoms with Crippen molar-refractivity contribution in [3.63, 3.8) is 0 Å². The van der Waals surface area contributed by atoms with Crippen molar-refractivity contribution in [3.05, 3.63) is 102 Å². The lowest BCUT2D eigenvalue weighted by molar-refractivity contribution is -0.122.